The van der Waals surface area contributed by atoms with Gasteiger partial charge in [-0.15, -0.1) is 0 Å². The van der Waals surface area contributed by atoms with Gasteiger partial charge in [0.15, 0.2) is 0 Å². The molecule has 0 saturated carbocycles. The van der Waals surface area contributed by atoms with Crippen LogP contribution < -0.4 is 0 Å². The van der Waals surface area contributed by atoms with Crippen LogP contribution in [0.2, 0.25) is 0 Å². The molecule has 0 aliphatic heterocycles. The van der Waals surface area contributed by atoms with Crippen molar-refractivity contribution in [2.45, 2.75) is 12.8 Å². The third-order valence-corrected chi connectivity index (χ3v) is 2.85. The fourth-order valence-electron chi connectivity index (χ4n) is 2.06. The number of aromatic carboxylic acids is 1. The number of rotatable bonds is 5. The molecule has 0 saturated heterocycles. The van der Waals surface area contributed by atoms with Crippen LogP contribution in [0, 0.1) is 0 Å². The Balaban J connectivity index is 2.42. The Kier molecular flexibility index (Phi) is 3.44. The maximum atomic E-state index is 11.2. The number of carboxylic acid groups (broad SMARTS) is 1. The van der Waals surface area contributed by atoms with E-state index in [2.05, 4.69) is 4.98 Å². The van der Waals surface area contributed by atoms with Crippen LogP contribution >= 0.6 is 0 Å². The number of aromatic amines is 1. The zero-order valence-electron chi connectivity index (χ0n) is 9.69. The van der Waals surface area contributed by atoms with E-state index in [9.17, 15) is 9.90 Å². The van der Waals surface area contributed by atoms with E-state index in [1.165, 1.54) is 0 Å². The number of fused-ring (bicyclic) bond motifs is 1. The molecular weight excluding hydrogens is 218 g/mol. The Bertz CT molecular complexity index is 530. The number of ether oxygens (including phenoxy) is 1. The summed E-state index contributed by atoms with van der Waals surface area (Å²) >= 11 is 0. The van der Waals surface area contributed by atoms with Crippen molar-refractivity contribution < 1.29 is 14.6 Å². The van der Waals surface area contributed by atoms with Gasteiger partial charge in [-0.05, 0) is 36.6 Å². The number of methoxy groups -OCH3 is 1. The molecule has 0 spiro atoms. The van der Waals surface area contributed by atoms with Crippen LogP contribution in [0.1, 0.15) is 22.3 Å². The first-order valence-electron chi connectivity index (χ1n) is 5.55. The number of carbonyl (C=O) groups is 1. The maximum absolute atomic E-state index is 11.2. The Labute approximate surface area is 99.2 Å². The monoisotopic (exact) mass is 233 g/mol. The van der Waals surface area contributed by atoms with Gasteiger partial charge in [0.2, 0.25) is 0 Å². The van der Waals surface area contributed by atoms with Crippen LogP contribution in [0.15, 0.2) is 24.4 Å². The van der Waals surface area contributed by atoms with Crippen LogP contribution in [0.5, 0.6) is 0 Å². The largest absolute Gasteiger partial charge is 0.478 e. The molecule has 2 N–H and O–H groups in total. The van der Waals surface area contributed by atoms with Crippen molar-refractivity contribution in [3.63, 3.8) is 0 Å². The number of carboxylic acids is 1. The zero-order chi connectivity index (χ0) is 12.3. The topological polar surface area (TPSA) is 62.3 Å². The van der Waals surface area contributed by atoms with Crippen molar-refractivity contribution in [1.29, 1.82) is 0 Å². The molecule has 0 aliphatic rings. The predicted molar refractivity (Wildman–Crippen MR) is 65.5 cm³/mol. The van der Waals surface area contributed by atoms with Crippen LogP contribution in [-0.4, -0.2) is 29.8 Å². The molecule has 90 valence electrons. The average molecular weight is 233 g/mol. The quantitative estimate of drug-likeness (QED) is 0.780. The molecule has 1 aromatic carbocycles. The van der Waals surface area contributed by atoms with Crippen molar-refractivity contribution >= 4 is 16.9 Å². The van der Waals surface area contributed by atoms with Crippen molar-refractivity contribution in [2.75, 3.05) is 13.7 Å². The Hall–Kier alpha value is -1.81. The molecule has 2 aromatic rings. The number of hydrogen-bond acceptors (Lipinski definition) is 2. The maximum Gasteiger partial charge on any atom is 0.335 e. The van der Waals surface area contributed by atoms with Crippen LogP contribution in [-0.2, 0) is 11.2 Å². The molecule has 1 aromatic heterocycles. The van der Waals surface area contributed by atoms with Gasteiger partial charge in [-0.3, -0.25) is 0 Å². The third kappa shape index (κ3) is 2.31. The van der Waals surface area contributed by atoms with E-state index < -0.39 is 5.97 Å². The molecule has 0 unspecified atom stereocenters. The van der Waals surface area contributed by atoms with E-state index in [0.717, 1.165) is 22.9 Å². The van der Waals surface area contributed by atoms with Crippen LogP contribution in [0.25, 0.3) is 10.9 Å². The number of hydrogen-bond donors (Lipinski definition) is 2. The predicted octanol–water partition coefficient (Wildman–Crippen LogP) is 2.45. The van der Waals surface area contributed by atoms with Crippen molar-refractivity contribution in [3.05, 3.63) is 35.5 Å². The molecule has 4 nitrogen and oxygen atoms in total. The van der Waals surface area contributed by atoms with Crippen molar-refractivity contribution in [1.82, 2.24) is 4.98 Å². The Morgan fingerprint density at radius 2 is 2.24 bits per heavy atom. The van der Waals surface area contributed by atoms with Crippen LogP contribution in [0.4, 0.5) is 0 Å². The Morgan fingerprint density at radius 1 is 1.41 bits per heavy atom. The minimum atomic E-state index is -0.875. The average Bonchev–Trinajstić information content (AvgIpc) is 2.77. The summed E-state index contributed by atoms with van der Waals surface area (Å²) < 4.78 is 5.00. The van der Waals surface area contributed by atoms with E-state index in [1.54, 1.807) is 19.2 Å². The molecule has 4 heteroatoms. The van der Waals surface area contributed by atoms with Crippen molar-refractivity contribution in [2.24, 2.45) is 0 Å². The Morgan fingerprint density at radius 3 is 2.94 bits per heavy atom. The highest BCUT2D eigenvalue weighted by Crippen LogP contribution is 2.23. The van der Waals surface area contributed by atoms with Crippen LogP contribution in [0.3, 0.4) is 0 Å². The normalized spacial score (nSPS) is 10.9. The molecule has 0 amide bonds. The number of aryl methyl sites for hydroxylation is 1. The summed E-state index contributed by atoms with van der Waals surface area (Å²) in [6.45, 7) is 0.639. The summed E-state index contributed by atoms with van der Waals surface area (Å²) in [6, 6.07) is 5.38. The minimum absolute atomic E-state index is 0.383. The SMILES string of the molecule is COCCCc1c(C(=O)O)ccc2[nH]ccc12. The van der Waals surface area contributed by atoms with E-state index in [-0.39, 0.29) is 0 Å². The number of benzene rings is 1. The lowest BCUT2D eigenvalue weighted by Gasteiger charge is -2.07. The van der Waals surface area contributed by atoms with E-state index in [4.69, 9.17) is 4.74 Å². The highest BCUT2D eigenvalue weighted by Gasteiger charge is 2.13. The second-order valence-electron chi connectivity index (χ2n) is 3.93. The van der Waals surface area contributed by atoms with Crippen molar-refractivity contribution in [3.8, 4) is 0 Å². The number of nitrogens with one attached hydrogen (secondary N) is 1. The van der Waals surface area contributed by atoms with Gasteiger partial charge in [-0.1, -0.05) is 0 Å². The van der Waals surface area contributed by atoms with Gasteiger partial charge in [0.1, 0.15) is 0 Å². The smallest absolute Gasteiger partial charge is 0.335 e. The van der Waals surface area contributed by atoms with Gasteiger partial charge in [0, 0.05) is 30.8 Å². The second-order valence-corrected chi connectivity index (χ2v) is 3.93. The van der Waals surface area contributed by atoms with Gasteiger partial charge in [0.05, 0.1) is 5.56 Å². The first-order chi connectivity index (χ1) is 8.24. The summed E-state index contributed by atoms with van der Waals surface area (Å²) in [6.07, 6.45) is 3.36. The summed E-state index contributed by atoms with van der Waals surface area (Å²) in [5.41, 5.74) is 2.24. The summed E-state index contributed by atoms with van der Waals surface area (Å²) in [5.74, 6) is -0.875. The number of H-pyrrole nitrogens is 1. The van der Waals surface area contributed by atoms with E-state index in [1.807, 2.05) is 12.3 Å². The first kappa shape index (κ1) is 11.7. The lowest BCUT2D eigenvalue weighted by atomic mass is 9.99. The molecule has 1 heterocycles. The lowest BCUT2D eigenvalue weighted by molar-refractivity contribution is 0.0695. The number of aromatic nitrogens is 1. The molecular formula is C13H15NO3. The molecule has 0 aliphatic carbocycles. The zero-order valence-corrected chi connectivity index (χ0v) is 9.69. The van der Waals surface area contributed by atoms with E-state index in [0.29, 0.717) is 18.6 Å². The summed E-state index contributed by atoms with van der Waals surface area (Å²) in [7, 11) is 1.65. The van der Waals surface area contributed by atoms with Gasteiger partial charge in [0.25, 0.3) is 0 Å². The molecule has 17 heavy (non-hydrogen) atoms. The van der Waals surface area contributed by atoms with Gasteiger partial charge >= 0.3 is 5.97 Å². The minimum Gasteiger partial charge on any atom is -0.478 e. The summed E-state index contributed by atoms with van der Waals surface area (Å²) in [5, 5.41) is 10.2. The van der Waals surface area contributed by atoms with Gasteiger partial charge in [-0.25, -0.2) is 4.79 Å². The molecule has 2 rings (SSSR count). The molecule has 0 fully saturated rings. The third-order valence-electron chi connectivity index (χ3n) is 2.85. The fourth-order valence-corrected chi connectivity index (χ4v) is 2.06. The second kappa shape index (κ2) is 5.01. The molecule has 0 radical (unpaired) electrons. The highest BCUT2D eigenvalue weighted by atomic mass is 16.5. The first-order valence-corrected chi connectivity index (χ1v) is 5.55. The lowest BCUT2D eigenvalue weighted by Crippen LogP contribution is -2.04. The fraction of sp³-hybridized carbons (Fsp3) is 0.308. The van der Waals surface area contributed by atoms with Gasteiger partial charge in [-0.2, -0.15) is 0 Å². The van der Waals surface area contributed by atoms with Gasteiger partial charge < -0.3 is 14.8 Å². The molecule has 0 atom stereocenters. The standard InChI is InChI=1S/C13H15NO3/c1-17-8-2-3-9-10-6-7-14-12(10)5-4-11(9)13(15)16/h4-7,14H,2-3,8H2,1H3,(H,15,16). The molecule has 0 bridgehead atoms. The summed E-state index contributed by atoms with van der Waals surface area (Å²) in [4.78, 5) is 14.3. The van der Waals surface area contributed by atoms with E-state index >= 15 is 0 Å². The highest BCUT2D eigenvalue weighted by molar-refractivity contribution is 5.97.